The van der Waals surface area contributed by atoms with Crippen LogP contribution in [0.3, 0.4) is 0 Å². The Kier molecular flexibility index (Phi) is 4.54. The van der Waals surface area contributed by atoms with Crippen molar-refractivity contribution in [3.8, 4) is 11.5 Å². The molecule has 0 aliphatic rings. The molecule has 0 aliphatic carbocycles. The second-order valence-electron chi connectivity index (χ2n) is 3.71. The van der Waals surface area contributed by atoms with E-state index in [4.69, 9.17) is 10.2 Å². The van der Waals surface area contributed by atoms with Crippen molar-refractivity contribution in [2.45, 2.75) is 19.1 Å². The SMILES string of the molecule is CC(NCC(O)CO)c1cc(O)ccc1O. The van der Waals surface area contributed by atoms with E-state index in [2.05, 4.69) is 5.32 Å². The number of hydrogen-bond acceptors (Lipinski definition) is 5. The third-order valence-corrected chi connectivity index (χ3v) is 2.35. The van der Waals surface area contributed by atoms with Crippen molar-refractivity contribution >= 4 is 0 Å². The van der Waals surface area contributed by atoms with Crippen molar-refractivity contribution < 1.29 is 20.4 Å². The maximum absolute atomic E-state index is 9.56. The first-order valence-corrected chi connectivity index (χ1v) is 5.08. The lowest BCUT2D eigenvalue weighted by Gasteiger charge is -2.17. The second-order valence-corrected chi connectivity index (χ2v) is 3.71. The molecule has 5 nitrogen and oxygen atoms in total. The van der Waals surface area contributed by atoms with Gasteiger partial charge in [-0.25, -0.2) is 0 Å². The van der Waals surface area contributed by atoms with Gasteiger partial charge in [-0.05, 0) is 25.1 Å². The zero-order chi connectivity index (χ0) is 12.1. The molecule has 16 heavy (non-hydrogen) atoms. The molecule has 0 saturated heterocycles. The van der Waals surface area contributed by atoms with Crippen molar-refractivity contribution in [3.63, 3.8) is 0 Å². The van der Waals surface area contributed by atoms with Gasteiger partial charge in [0, 0.05) is 18.2 Å². The molecule has 1 aromatic carbocycles. The molecule has 0 spiro atoms. The van der Waals surface area contributed by atoms with Gasteiger partial charge in [-0.3, -0.25) is 0 Å². The van der Waals surface area contributed by atoms with E-state index in [0.717, 1.165) is 0 Å². The minimum atomic E-state index is -0.832. The minimum Gasteiger partial charge on any atom is -0.508 e. The summed E-state index contributed by atoms with van der Waals surface area (Å²) in [5, 5.41) is 39.6. The molecule has 1 rings (SSSR count). The molecule has 2 unspecified atom stereocenters. The van der Waals surface area contributed by atoms with Gasteiger partial charge < -0.3 is 25.7 Å². The maximum Gasteiger partial charge on any atom is 0.120 e. The van der Waals surface area contributed by atoms with E-state index in [1.165, 1.54) is 18.2 Å². The van der Waals surface area contributed by atoms with Crippen LogP contribution in [-0.4, -0.2) is 39.7 Å². The Morgan fingerprint density at radius 3 is 2.62 bits per heavy atom. The fraction of sp³-hybridized carbons (Fsp3) is 0.455. The van der Waals surface area contributed by atoms with Crippen LogP contribution in [0.15, 0.2) is 18.2 Å². The average Bonchev–Trinajstić information content (AvgIpc) is 2.28. The molecule has 0 amide bonds. The molecular formula is C11H17NO4. The van der Waals surface area contributed by atoms with Crippen LogP contribution in [0.2, 0.25) is 0 Å². The van der Waals surface area contributed by atoms with Gasteiger partial charge in [0.1, 0.15) is 11.5 Å². The molecule has 90 valence electrons. The lowest BCUT2D eigenvalue weighted by atomic mass is 10.1. The van der Waals surface area contributed by atoms with E-state index >= 15 is 0 Å². The molecule has 5 N–H and O–H groups in total. The van der Waals surface area contributed by atoms with Crippen molar-refractivity contribution in [2.24, 2.45) is 0 Å². The highest BCUT2D eigenvalue weighted by molar-refractivity contribution is 5.40. The maximum atomic E-state index is 9.56. The summed E-state index contributed by atoms with van der Waals surface area (Å²) in [6.07, 6.45) is -0.832. The molecule has 0 heterocycles. The van der Waals surface area contributed by atoms with Gasteiger partial charge >= 0.3 is 0 Å². The van der Waals surface area contributed by atoms with Crippen molar-refractivity contribution in [2.75, 3.05) is 13.2 Å². The van der Waals surface area contributed by atoms with Crippen LogP contribution < -0.4 is 5.32 Å². The number of aromatic hydroxyl groups is 2. The number of aliphatic hydroxyl groups is 2. The van der Waals surface area contributed by atoms with Gasteiger partial charge in [0.25, 0.3) is 0 Å². The summed E-state index contributed by atoms with van der Waals surface area (Å²) in [6.45, 7) is 1.69. The summed E-state index contributed by atoms with van der Waals surface area (Å²) in [6, 6.07) is 4.03. The Bertz CT molecular complexity index is 343. The lowest BCUT2D eigenvalue weighted by Crippen LogP contribution is -2.31. The van der Waals surface area contributed by atoms with Crippen LogP contribution >= 0.6 is 0 Å². The molecule has 0 bridgehead atoms. The highest BCUT2D eigenvalue weighted by Gasteiger charge is 2.12. The van der Waals surface area contributed by atoms with Crippen molar-refractivity contribution in [1.29, 1.82) is 0 Å². The second kappa shape index (κ2) is 5.69. The first-order chi connectivity index (χ1) is 7.54. The largest absolute Gasteiger partial charge is 0.508 e. The van der Waals surface area contributed by atoms with Gasteiger partial charge in [-0.2, -0.15) is 0 Å². The summed E-state index contributed by atoms with van der Waals surface area (Å²) >= 11 is 0. The van der Waals surface area contributed by atoms with E-state index in [9.17, 15) is 10.2 Å². The van der Waals surface area contributed by atoms with Gasteiger partial charge in [0.05, 0.1) is 12.7 Å². The van der Waals surface area contributed by atoms with E-state index in [1.54, 1.807) is 6.92 Å². The summed E-state index contributed by atoms with van der Waals surface area (Å²) in [5.41, 5.74) is 0.546. The number of phenolic OH excluding ortho intramolecular Hbond substituents is 2. The highest BCUT2D eigenvalue weighted by atomic mass is 16.3. The molecule has 1 aromatic rings. The summed E-state index contributed by atoms with van der Waals surface area (Å²) in [7, 11) is 0. The van der Waals surface area contributed by atoms with Crippen LogP contribution in [0.4, 0.5) is 0 Å². The monoisotopic (exact) mass is 227 g/mol. The quantitative estimate of drug-likeness (QED) is 0.460. The van der Waals surface area contributed by atoms with E-state index in [-0.39, 0.29) is 30.7 Å². The molecule has 0 radical (unpaired) electrons. The fourth-order valence-corrected chi connectivity index (χ4v) is 1.38. The average molecular weight is 227 g/mol. The van der Waals surface area contributed by atoms with E-state index in [1.807, 2.05) is 0 Å². The van der Waals surface area contributed by atoms with E-state index < -0.39 is 6.10 Å². The number of nitrogens with one attached hydrogen (secondary N) is 1. The molecule has 0 aromatic heterocycles. The summed E-state index contributed by atoms with van der Waals surface area (Å²) < 4.78 is 0. The normalized spacial score (nSPS) is 14.7. The number of rotatable bonds is 5. The Labute approximate surface area is 94.0 Å². The standard InChI is InChI=1S/C11H17NO4/c1-7(12-5-9(15)6-13)10-4-8(14)2-3-11(10)16/h2-4,7,9,12-16H,5-6H2,1H3. The van der Waals surface area contributed by atoms with Crippen molar-refractivity contribution in [3.05, 3.63) is 23.8 Å². The van der Waals surface area contributed by atoms with Gasteiger partial charge in [0.2, 0.25) is 0 Å². The first kappa shape index (κ1) is 12.8. The van der Waals surface area contributed by atoms with Gasteiger partial charge in [-0.1, -0.05) is 0 Å². The van der Waals surface area contributed by atoms with Crippen LogP contribution in [-0.2, 0) is 0 Å². The first-order valence-electron chi connectivity index (χ1n) is 5.08. The minimum absolute atomic E-state index is 0.0733. The van der Waals surface area contributed by atoms with Gasteiger partial charge in [-0.15, -0.1) is 0 Å². The lowest BCUT2D eigenvalue weighted by molar-refractivity contribution is 0.0923. The fourth-order valence-electron chi connectivity index (χ4n) is 1.38. The smallest absolute Gasteiger partial charge is 0.120 e. The Morgan fingerprint density at radius 1 is 1.31 bits per heavy atom. The van der Waals surface area contributed by atoms with Crippen LogP contribution in [0, 0.1) is 0 Å². The van der Waals surface area contributed by atoms with Crippen LogP contribution in [0.1, 0.15) is 18.5 Å². The highest BCUT2D eigenvalue weighted by Crippen LogP contribution is 2.27. The summed E-state index contributed by atoms with van der Waals surface area (Å²) in [5.74, 6) is 0.153. The number of phenols is 2. The Balaban J connectivity index is 2.65. The van der Waals surface area contributed by atoms with Crippen LogP contribution in [0.25, 0.3) is 0 Å². The predicted molar refractivity (Wildman–Crippen MR) is 59.3 cm³/mol. The van der Waals surface area contributed by atoms with Crippen LogP contribution in [0.5, 0.6) is 11.5 Å². The predicted octanol–water partition coefficient (Wildman–Crippen LogP) is 0.102. The number of aliphatic hydroxyl groups excluding tert-OH is 2. The zero-order valence-corrected chi connectivity index (χ0v) is 9.09. The molecular weight excluding hydrogens is 210 g/mol. The molecule has 0 aliphatic heterocycles. The third-order valence-electron chi connectivity index (χ3n) is 2.35. The van der Waals surface area contributed by atoms with Gasteiger partial charge in [0.15, 0.2) is 0 Å². The third kappa shape index (κ3) is 3.37. The summed E-state index contributed by atoms with van der Waals surface area (Å²) in [4.78, 5) is 0. The van der Waals surface area contributed by atoms with E-state index in [0.29, 0.717) is 5.56 Å². The molecule has 0 fully saturated rings. The number of hydrogen-bond donors (Lipinski definition) is 5. The Morgan fingerprint density at radius 2 is 2.00 bits per heavy atom. The molecule has 2 atom stereocenters. The zero-order valence-electron chi connectivity index (χ0n) is 9.09. The number of benzene rings is 1. The molecule has 0 saturated carbocycles. The van der Waals surface area contributed by atoms with Crippen molar-refractivity contribution in [1.82, 2.24) is 5.32 Å². The topological polar surface area (TPSA) is 93.0 Å². The Hall–Kier alpha value is -1.30. The molecule has 5 heteroatoms.